The van der Waals surface area contributed by atoms with Crippen molar-refractivity contribution in [3.05, 3.63) is 48.3 Å². The molecule has 1 fully saturated rings. The molecule has 3 aromatic heterocycles. The van der Waals surface area contributed by atoms with Crippen LogP contribution >= 0.6 is 0 Å². The van der Waals surface area contributed by atoms with Gasteiger partial charge >= 0.3 is 0 Å². The molecule has 0 bridgehead atoms. The van der Waals surface area contributed by atoms with Gasteiger partial charge in [-0.1, -0.05) is 0 Å². The molecule has 0 amide bonds. The Balaban J connectivity index is 1.56. The van der Waals surface area contributed by atoms with Crippen LogP contribution in [0.1, 0.15) is 30.1 Å². The van der Waals surface area contributed by atoms with Crippen molar-refractivity contribution in [1.29, 1.82) is 0 Å². The number of rotatable bonds is 2. The van der Waals surface area contributed by atoms with E-state index in [0.717, 1.165) is 43.1 Å². The monoisotopic (exact) mass is 294 g/mol. The first-order valence-corrected chi connectivity index (χ1v) is 7.63. The molecule has 6 nitrogen and oxygen atoms in total. The van der Waals surface area contributed by atoms with Gasteiger partial charge in [-0.05, 0) is 25.8 Å². The standard InChI is InChI=1S/C16H18N6/c1-12-10-15-18-5-2-14(22(15)20-12)13-3-8-21(9-4-13)16-11-17-6-7-19-16/h2,5-7,10-11,13H,3-4,8-9H2,1H3. The molecule has 0 aliphatic carbocycles. The number of aromatic nitrogens is 5. The fraction of sp³-hybridized carbons (Fsp3) is 0.375. The second kappa shape index (κ2) is 5.36. The first-order chi connectivity index (χ1) is 10.8. The van der Waals surface area contributed by atoms with Crippen molar-refractivity contribution in [2.24, 2.45) is 0 Å². The van der Waals surface area contributed by atoms with Crippen LogP contribution in [0.4, 0.5) is 5.82 Å². The van der Waals surface area contributed by atoms with Gasteiger partial charge in [-0.15, -0.1) is 0 Å². The number of nitrogens with zero attached hydrogens (tertiary/aromatic N) is 6. The molecule has 0 saturated carbocycles. The van der Waals surface area contributed by atoms with E-state index in [4.69, 9.17) is 0 Å². The lowest BCUT2D eigenvalue weighted by Crippen LogP contribution is -2.34. The summed E-state index contributed by atoms with van der Waals surface area (Å²) in [6.07, 6.45) is 9.37. The highest BCUT2D eigenvalue weighted by molar-refractivity contribution is 5.41. The Morgan fingerprint density at radius 1 is 1.09 bits per heavy atom. The van der Waals surface area contributed by atoms with Crippen molar-refractivity contribution in [2.45, 2.75) is 25.7 Å². The maximum Gasteiger partial charge on any atom is 0.155 e. The largest absolute Gasteiger partial charge is 0.355 e. The Labute approximate surface area is 128 Å². The fourth-order valence-corrected chi connectivity index (χ4v) is 3.20. The Bertz CT molecular complexity index is 774. The average molecular weight is 294 g/mol. The first-order valence-electron chi connectivity index (χ1n) is 7.63. The lowest BCUT2D eigenvalue weighted by Gasteiger charge is -2.32. The molecule has 0 N–H and O–H groups in total. The molecular weight excluding hydrogens is 276 g/mol. The molecule has 0 unspecified atom stereocenters. The summed E-state index contributed by atoms with van der Waals surface area (Å²) in [4.78, 5) is 15.2. The smallest absolute Gasteiger partial charge is 0.155 e. The van der Waals surface area contributed by atoms with Gasteiger partial charge in [0.15, 0.2) is 5.65 Å². The quantitative estimate of drug-likeness (QED) is 0.725. The van der Waals surface area contributed by atoms with Crippen LogP contribution in [0.15, 0.2) is 36.9 Å². The molecule has 3 aromatic rings. The van der Waals surface area contributed by atoms with Gasteiger partial charge in [0.1, 0.15) is 5.82 Å². The van der Waals surface area contributed by atoms with Crippen molar-refractivity contribution >= 4 is 11.5 Å². The minimum Gasteiger partial charge on any atom is -0.355 e. The van der Waals surface area contributed by atoms with E-state index < -0.39 is 0 Å². The van der Waals surface area contributed by atoms with Crippen LogP contribution in [0.25, 0.3) is 5.65 Å². The number of piperidine rings is 1. The van der Waals surface area contributed by atoms with E-state index in [9.17, 15) is 0 Å². The number of hydrogen-bond donors (Lipinski definition) is 0. The Morgan fingerprint density at radius 2 is 1.95 bits per heavy atom. The highest BCUT2D eigenvalue weighted by Crippen LogP contribution is 2.29. The van der Waals surface area contributed by atoms with E-state index in [2.05, 4.69) is 31.0 Å². The van der Waals surface area contributed by atoms with Crippen LogP contribution in [0.2, 0.25) is 0 Å². The topological polar surface area (TPSA) is 59.2 Å². The predicted octanol–water partition coefficient (Wildman–Crippen LogP) is 2.21. The maximum absolute atomic E-state index is 4.58. The van der Waals surface area contributed by atoms with E-state index >= 15 is 0 Å². The molecule has 0 atom stereocenters. The van der Waals surface area contributed by atoms with Crippen molar-refractivity contribution in [3.63, 3.8) is 0 Å². The summed E-state index contributed by atoms with van der Waals surface area (Å²) in [5.41, 5.74) is 3.21. The Morgan fingerprint density at radius 3 is 2.73 bits per heavy atom. The SMILES string of the molecule is Cc1cc2nccc(C3CCN(c4cnccn4)CC3)n2n1. The molecule has 22 heavy (non-hydrogen) atoms. The van der Waals surface area contributed by atoms with Gasteiger partial charge in [-0.2, -0.15) is 5.10 Å². The summed E-state index contributed by atoms with van der Waals surface area (Å²) >= 11 is 0. The molecule has 0 aromatic carbocycles. The first kappa shape index (κ1) is 13.2. The second-order valence-electron chi connectivity index (χ2n) is 5.75. The summed E-state index contributed by atoms with van der Waals surface area (Å²) in [6.45, 7) is 4.00. The van der Waals surface area contributed by atoms with Crippen LogP contribution < -0.4 is 4.90 Å². The van der Waals surface area contributed by atoms with Gasteiger partial charge in [0, 0.05) is 49.4 Å². The second-order valence-corrected chi connectivity index (χ2v) is 5.75. The van der Waals surface area contributed by atoms with Crippen molar-refractivity contribution in [1.82, 2.24) is 24.6 Å². The third-order valence-electron chi connectivity index (χ3n) is 4.30. The number of fused-ring (bicyclic) bond motifs is 1. The molecule has 112 valence electrons. The Kier molecular flexibility index (Phi) is 3.21. The fourth-order valence-electron chi connectivity index (χ4n) is 3.20. The summed E-state index contributed by atoms with van der Waals surface area (Å²) in [5, 5.41) is 4.58. The van der Waals surface area contributed by atoms with Gasteiger partial charge in [0.05, 0.1) is 11.9 Å². The van der Waals surface area contributed by atoms with Crippen LogP contribution in [0.3, 0.4) is 0 Å². The zero-order valence-electron chi connectivity index (χ0n) is 12.6. The van der Waals surface area contributed by atoms with Gasteiger partial charge in [-0.3, -0.25) is 4.98 Å². The van der Waals surface area contributed by atoms with Gasteiger partial charge in [-0.25, -0.2) is 14.5 Å². The van der Waals surface area contributed by atoms with E-state index in [0.29, 0.717) is 5.92 Å². The maximum atomic E-state index is 4.58. The highest BCUT2D eigenvalue weighted by atomic mass is 15.3. The number of hydrogen-bond acceptors (Lipinski definition) is 5. The number of aryl methyl sites for hydroxylation is 1. The molecule has 4 heterocycles. The Hall–Kier alpha value is -2.50. The molecule has 0 spiro atoms. The normalized spacial score (nSPS) is 16.3. The van der Waals surface area contributed by atoms with Crippen LogP contribution in [0, 0.1) is 6.92 Å². The molecular formula is C16H18N6. The van der Waals surface area contributed by atoms with Crippen LogP contribution in [-0.2, 0) is 0 Å². The van der Waals surface area contributed by atoms with Crippen molar-refractivity contribution < 1.29 is 0 Å². The summed E-state index contributed by atoms with van der Waals surface area (Å²) in [7, 11) is 0. The molecule has 0 radical (unpaired) electrons. The van der Waals surface area contributed by atoms with E-state index in [1.54, 1.807) is 12.4 Å². The average Bonchev–Trinajstić information content (AvgIpc) is 2.96. The van der Waals surface area contributed by atoms with Gasteiger partial charge in [0.2, 0.25) is 0 Å². The summed E-state index contributed by atoms with van der Waals surface area (Å²) in [6, 6.07) is 4.13. The molecule has 6 heteroatoms. The molecule has 1 aliphatic rings. The van der Waals surface area contributed by atoms with Crippen LogP contribution in [-0.4, -0.2) is 37.7 Å². The summed E-state index contributed by atoms with van der Waals surface area (Å²) < 4.78 is 2.00. The minimum atomic E-state index is 0.512. The highest BCUT2D eigenvalue weighted by Gasteiger charge is 2.23. The van der Waals surface area contributed by atoms with E-state index in [1.807, 2.05) is 29.9 Å². The summed E-state index contributed by atoms with van der Waals surface area (Å²) in [5.74, 6) is 1.48. The van der Waals surface area contributed by atoms with Gasteiger partial charge < -0.3 is 4.90 Å². The van der Waals surface area contributed by atoms with Crippen LogP contribution in [0.5, 0.6) is 0 Å². The number of anilines is 1. The lowest BCUT2D eigenvalue weighted by molar-refractivity contribution is 0.484. The molecule has 1 saturated heterocycles. The molecule has 1 aliphatic heterocycles. The lowest BCUT2D eigenvalue weighted by atomic mass is 9.93. The van der Waals surface area contributed by atoms with E-state index in [-0.39, 0.29) is 0 Å². The molecule has 4 rings (SSSR count). The van der Waals surface area contributed by atoms with Crippen molar-refractivity contribution in [3.8, 4) is 0 Å². The van der Waals surface area contributed by atoms with E-state index in [1.165, 1.54) is 5.69 Å². The minimum absolute atomic E-state index is 0.512. The van der Waals surface area contributed by atoms with Gasteiger partial charge in [0.25, 0.3) is 0 Å². The predicted molar refractivity (Wildman–Crippen MR) is 83.9 cm³/mol. The zero-order valence-corrected chi connectivity index (χ0v) is 12.6. The third kappa shape index (κ3) is 2.30. The third-order valence-corrected chi connectivity index (χ3v) is 4.30. The zero-order chi connectivity index (χ0) is 14.9. The van der Waals surface area contributed by atoms with Crippen molar-refractivity contribution in [2.75, 3.05) is 18.0 Å².